The molecule has 0 aliphatic heterocycles. The van der Waals surface area contributed by atoms with Crippen molar-refractivity contribution in [3.05, 3.63) is 29.7 Å². The second-order valence-corrected chi connectivity index (χ2v) is 3.80. The zero-order valence-electron chi connectivity index (χ0n) is 6.99. The van der Waals surface area contributed by atoms with Gasteiger partial charge in [-0.05, 0) is 42.9 Å². The normalized spacial score (nSPS) is 31.8. The molecular formula is C11H12O. The number of allylic oxidation sites excluding steroid dienone is 1. The van der Waals surface area contributed by atoms with E-state index in [1.54, 1.807) is 11.8 Å². The van der Waals surface area contributed by atoms with E-state index >= 15 is 0 Å². The minimum absolute atomic E-state index is 0.926. The quantitative estimate of drug-likeness (QED) is 0.615. The summed E-state index contributed by atoms with van der Waals surface area (Å²) >= 11 is 0. The van der Waals surface area contributed by atoms with Gasteiger partial charge in [0, 0.05) is 0 Å². The van der Waals surface area contributed by atoms with Gasteiger partial charge in [0.1, 0.15) is 5.76 Å². The average molecular weight is 160 g/mol. The molecule has 12 heavy (non-hydrogen) atoms. The van der Waals surface area contributed by atoms with Gasteiger partial charge in [0.25, 0.3) is 0 Å². The van der Waals surface area contributed by atoms with Crippen LogP contribution in [-0.2, 0) is 0 Å². The van der Waals surface area contributed by atoms with Gasteiger partial charge in [-0.25, -0.2) is 0 Å². The van der Waals surface area contributed by atoms with Gasteiger partial charge in [0.2, 0.25) is 0 Å². The first kappa shape index (κ1) is 6.53. The highest BCUT2D eigenvalue weighted by atomic mass is 16.3. The summed E-state index contributed by atoms with van der Waals surface area (Å²) in [5.74, 6) is 2.88. The fourth-order valence-corrected chi connectivity index (χ4v) is 2.45. The van der Waals surface area contributed by atoms with Crippen LogP contribution < -0.4 is 0 Å². The molecule has 2 atom stereocenters. The van der Waals surface area contributed by atoms with E-state index < -0.39 is 0 Å². The Kier molecular flexibility index (Phi) is 1.23. The second kappa shape index (κ2) is 2.25. The summed E-state index contributed by atoms with van der Waals surface area (Å²) in [5, 5.41) is 0. The largest absolute Gasteiger partial charge is 0.465 e. The van der Waals surface area contributed by atoms with E-state index in [9.17, 15) is 0 Å². The molecule has 0 N–H and O–H groups in total. The Bertz CT molecular complexity index is 296. The summed E-state index contributed by atoms with van der Waals surface area (Å²) in [6.45, 7) is 0. The molecule has 0 aromatic carbocycles. The molecule has 1 heterocycles. The lowest BCUT2D eigenvalue weighted by Crippen LogP contribution is -1.72. The maximum absolute atomic E-state index is 5.27. The fourth-order valence-electron chi connectivity index (χ4n) is 2.45. The molecule has 1 aromatic rings. The van der Waals surface area contributed by atoms with Crippen LogP contribution >= 0.6 is 0 Å². The summed E-state index contributed by atoms with van der Waals surface area (Å²) in [6.07, 6.45) is 8.23. The average Bonchev–Trinajstić information content (AvgIpc) is 2.59. The van der Waals surface area contributed by atoms with E-state index in [0.29, 0.717) is 0 Å². The molecule has 2 aliphatic rings. The Labute approximate surface area is 72.1 Å². The highest BCUT2D eigenvalue weighted by Gasteiger charge is 2.46. The fraction of sp³-hybridized carbons (Fsp3) is 0.455. The molecule has 0 radical (unpaired) electrons. The lowest BCUT2D eigenvalue weighted by molar-refractivity contribution is 0.556. The summed E-state index contributed by atoms with van der Waals surface area (Å²) in [6, 6.07) is 3.98. The van der Waals surface area contributed by atoms with Crippen LogP contribution in [0.3, 0.4) is 0 Å². The van der Waals surface area contributed by atoms with Crippen molar-refractivity contribution in [3.8, 4) is 0 Å². The topological polar surface area (TPSA) is 13.1 Å². The van der Waals surface area contributed by atoms with Crippen LogP contribution in [0.25, 0.3) is 6.08 Å². The van der Waals surface area contributed by atoms with Gasteiger partial charge in [-0.1, -0.05) is 12.0 Å². The van der Waals surface area contributed by atoms with Gasteiger partial charge >= 0.3 is 0 Å². The molecule has 0 spiro atoms. The van der Waals surface area contributed by atoms with Crippen molar-refractivity contribution in [1.82, 2.24) is 0 Å². The van der Waals surface area contributed by atoms with Crippen LogP contribution in [0.4, 0.5) is 0 Å². The Morgan fingerprint density at radius 1 is 1.33 bits per heavy atom. The van der Waals surface area contributed by atoms with Crippen LogP contribution in [0.5, 0.6) is 0 Å². The first-order chi connectivity index (χ1) is 5.95. The van der Waals surface area contributed by atoms with Crippen molar-refractivity contribution in [2.24, 2.45) is 11.8 Å². The first-order valence-corrected chi connectivity index (χ1v) is 4.70. The zero-order chi connectivity index (χ0) is 7.97. The number of hydrogen-bond acceptors (Lipinski definition) is 1. The Morgan fingerprint density at radius 2 is 2.17 bits per heavy atom. The molecule has 0 bridgehead atoms. The number of hydrogen-bond donors (Lipinski definition) is 0. The Morgan fingerprint density at radius 3 is 2.83 bits per heavy atom. The molecule has 2 saturated carbocycles. The van der Waals surface area contributed by atoms with E-state index in [-0.39, 0.29) is 0 Å². The maximum atomic E-state index is 5.27. The smallest absolute Gasteiger partial charge is 0.126 e. The van der Waals surface area contributed by atoms with Crippen molar-refractivity contribution in [1.29, 1.82) is 0 Å². The molecule has 1 nitrogen and oxygen atoms in total. The molecule has 2 aliphatic carbocycles. The van der Waals surface area contributed by atoms with Crippen molar-refractivity contribution in [2.75, 3.05) is 0 Å². The molecule has 3 rings (SSSR count). The van der Waals surface area contributed by atoms with Crippen LogP contribution in [0, 0.1) is 11.8 Å². The van der Waals surface area contributed by atoms with Crippen molar-refractivity contribution < 1.29 is 4.42 Å². The van der Waals surface area contributed by atoms with Gasteiger partial charge in [0.15, 0.2) is 0 Å². The second-order valence-electron chi connectivity index (χ2n) is 3.80. The lowest BCUT2D eigenvalue weighted by Gasteiger charge is -1.89. The molecular weight excluding hydrogens is 148 g/mol. The molecule has 0 saturated heterocycles. The molecule has 1 heteroatoms. The summed E-state index contributed by atoms with van der Waals surface area (Å²) in [5.41, 5.74) is 1.64. The third-order valence-corrected chi connectivity index (χ3v) is 3.12. The SMILES string of the molecule is C(=C1C2CCCC12)c1ccco1. The third kappa shape index (κ3) is 0.857. The Hall–Kier alpha value is -0.980. The van der Waals surface area contributed by atoms with E-state index in [0.717, 1.165) is 17.6 Å². The summed E-state index contributed by atoms with van der Waals surface area (Å²) in [7, 11) is 0. The number of furan rings is 1. The highest BCUT2D eigenvalue weighted by molar-refractivity contribution is 5.56. The standard InChI is InChI=1S/C11H12O/c1-4-9-10(5-1)11(9)7-8-3-2-6-12-8/h2-3,6-7,9-10H,1,4-5H2. The maximum Gasteiger partial charge on any atom is 0.126 e. The van der Waals surface area contributed by atoms with Crippen molar-refractivity contribution in [2.45, 2.75) is 19.3 Å². The van der Waals surface area contributed by atoms with Crippen molar-refractivity contribution in [3.63, 3.8) is 0 Å². The minimum atomic E-state index is 0.926. The van der Waals surface area contributed by atoms with Gasteiger partial charge in [0.05, 0.1) is 6.26 Å². The molecule has 0 amide bonds. The zero-order valence-corrected chi connectivity index (χ0v) is 6.99. The van der Waals surface area contributed by atoms with Crippen LogP contribution in [0.2, 0.25) is 0 Å². The van der Waals surface area contributed by atoms with Crippen LogP contribution in [-0.4, -0.2) is 0 Å². The van der Waals surface area contributed by atoms with Gasteiger partial charge in [-0.3, -0.25) is 0 Å². The first-order valence-electron chi connectivity index (χ1n) is 4.70. The van der Waals surface area contributed by atoms with E-state index in [2.05, 4.69) is 6.08 Å². The van der Waals surface area contributed by atoms with E-state index in [4.69, 9.17) is 4.42 Å². The van der Waals surface area contributed by atoms with Crippen LogP contribution in [0.15, 0.2) is 28.4 Å². The van der Waals surface area contributed by atoms with Crippen LogP contribution in [0.1, 0.15) is 25.0 Å². The predicted octanol–water partition coefficient (Wildman–Crippen LogP) is 3.09. The number of rotatable bonds is 1. The lowest BCUT2D eigenvalue weighted by atomic mass is 10.2. The molecule has 2 fully saturated rings. The number of fused-ring (bicyclic) bond motifs is 1. The van der Waals surface area contributed by atoms with Crippen molar-refractivity contribution >= 4 is 6.08 Å². The Balaban J connectivity index is 1.84. The predicted molar refractivity (Wildman–Crippen MR) is 47.5 cm³/mol. The summed E-state index contributed by atoms with van der Waals surface area (Å²) < 4.78 is 5.27. The minimum Gasteiger partial charge on any atom is -0.465 e. The van der Waals surface area contributed by atoms with Gasteiger partial charge in [-0.15, -0.1) is 0 Å². The monoisotopic (exact) mass is 160 g/mol. The third-order valence-electron chi connectivity index (χ3n) is 3.12. The highest BCUT2D eigenvalue weighted by Crippen LogP contribution is 2.57. The van der Waals surface area contributed by atoms with E-state index in [1.165, 1.54) is 19.3 Å². The molecule has 2 unspecified atom stereocenters. The molecule has 1 aromatic heterocycles. The molecule has 62 valence electrons. The summed E-state index contributed by atoms with van der Waals surface area (Å²) in [4.78, 5) is 0. The van der Waals surface area contributed by atoms with Gasteiger partial charge < -0.3 is 4.42 Å². The van der Waals surface area contributed by atoms with Gasteiger partial charge in [-0.2, -0.15) is 0 Å². The van der Waals surface area contributed by atoms with E-state index in [1.807, 2.05) is 12.1 Å².